The molecular weight excluding hydrogens is 995 g/mol. The van der Waals surface area contributed by atoms with Gasteiger partial charge < -0.3 is 19.4 Å². The maximum absolute atomic E-state index is 12.9. The van der Waals surface area contributed by atoms with Crippen LogP contribution in [0.15, 0.2) is 236 Å². The summed E-state index contributed by atoms with van der Waals surface area (Å²) in [5.74, 6) is 0.197. The normalized spacial score (nSPS) is 11.4. The van der Waals surface area contributed by atoms with Gasteiger partial charge in [-0.15, -0.1) is 18.5 Å². The SMILES string of the molecule is Nc1ccc(OS(=O)(=O)c2cccc(S(=O)(=O)c3ccc(P)cc3)c2)cc1.O=Cc1ccccc1.O=S(=O)(Oc1ccc(NCc2ccccc2)cc1)c1cccc(S(=O)(=O)c2ccc(P)cc2)c1. The van der Waals surface area contributed by atoms with Crippen LogP contribution in [0, 0.1) is 0 Å². The zero-order valence-electron chi connectivity index (χ0n) is 36.3. The van der Waals surface area contributed by atoms with Gasteiger partial charge in [-0.25, -0.2) is 16.8 Å². The lowest BCUT2D eigenvalue weighted by Gasteiger charge is -2.11. The molecule has 3 N–H and O–H groups in total. The molecule has 19 heteroatoms. The van der Waals surface area contributed by atoms with Crippen LogP contribution in [-0.2, 0) is 46.5 Å². The van der Waals surface area contributed by atoms with E-state index in [2.05, 4.69) is 23.8 Å². The predicted octanol–water partition coefficient (Wildman–Crippen LogP) is 8.27. The summed E-state index contributed by atoms with van der Waals surface area (Å²) in [7, 11) is -11.2. The molecule has 0 radical (unpaired) electrons. The fourth-order valence-electron chi connectivity index (χ4n) is 5.99. The lowest BCUT2D eigenvalue weighted by molar-refractivity contribution is 0.112. The third kappa shape index (κ3) is 14.4. The Morgan fingerprint density at radius 2 is 0.826 bits per heavy atom. The minimum absolute atomic E-state index is 0.0719. The summed E-state index contributed by atoms with van der Waals surface area (Å²) in [5.41, 5.74) is 8.67. The Hall–Kier alpha value is -6.71. The van der Waals surface area contributed by atoms with E-state index in [-0.39, 0.29) is 40.9 Å². The van der Waals surface area contributed by atoms with Gasteiger partial charge in [-0.05, 0) is 125 Å². The molecule has 0 spiro atoms. The minimum atomic E-state index is -4.24. The number of nitrogens with two attached hydrogens (primary N) is 1. The first kappa shape index (κ1) is 51.7. The number of hydrogen-bond acceptors (Lipinski definition) is 13. The summed E-state index contributed by atoms with van der Waals surface area (Å²) in [6.45, 7) is 0.625. The average Bonchev–Trinajstić information content (AvgIpc) is 3.35. The Morgan fingerprint density at radius 1 is 0.435 bits per heavy atom. The average molecular weight is 1040 g/mol. The van der Waals surface area contributed by atoms with Crippen molar-refractivity contribution >= 4 is 86.7 Å². The summed E-state index contributed by atoms with van der Waals surface area (Å²) in [4.78, 5) is 9.38. The number of anilines is 2. The predicted molar refractivity (Wildman–Crippen MR) is 274 cm³/mol. The molecule has 0 aliphatic rings. The standard InChI is InChI=1S/C25H22NO5PS2.C18H16NO5PS2.C7H6O/c27-33(28,23-15-13-22(32)14-16-23)24-7-4-8-25(17-24)34(29,30)31-21-11-9-20(10-12-21)26-18-19-5-2-1-3-6-19;19-13-4-6-14(7-5-13)24-27(22,23)18-3-1-2-17(12-18)26(20,21)16-10-8-15(25)9-11-16;8-6-7-4-2-1-3-5-7/h1-17,26H,18,32H2;1-12H,19,25H2;1-6H. The van der Waals surface area contributed by atoms with Crippen LogP contribution in [0.3, 0.4) is 0 Å². The van der Waals surface area contributed by atoms with Crippen molar-refractivity contribution in [1.29, 1.82) is 0 Å². The lowest BCUT2D eigenvalue weighted by Crippen LogP contribution is -2.11. The van der Waals surface area contributed by atoms with E-state index in [4.69, 9.17) is 14.1 Å². The van der Waals surface area contributed by atoms with E-state index >= 15 is 0 Å². The van der Waals surface area contributed by atoms with Crippen LogP contribution in [0.1, 0.15) is 15.9 Å². The van der Waals surface area contributed by atoms with Crippen LogP contribution >= 0.6 is 18.5 Å². The zero-order valence-corrected chi connectivity index (χ0v) is 41.8. The van der Waals surface area contributed by atoms with Crippen LogP contribution in [0.25, 0.3) is 0 Å². The molecule has 0 aliphatic heterocycles. The Kier molecular flexibility index (Phi) is 17.3. The van der Waals surface area contributed by atoms with Gasteiger partial charge >= 0.3 is 20.2 Å². The maximum atomic E-state index is 12.9. The first-order valence-corrected chi connectivity index (χ1v) is 27.3. The second-order valence-corrected chi connectivity index (χ2v) is 23.0. The number of nitrogens with one attached hydrogen (secondary N) is 1. The highest BCUT2D eigenvalue weighted by Crippen LogP contribution is 2.28. The van der Waals surface area contributed by atoms with Crippen molar-refractivity contribution in [2.75, 3.05) is 11.1 Å². The van der Waals surface area contributed by atoms with Gasteiger partial charge in [-0.3, -0.25) is 4.79 Å². The van der Waals surface area contributed by atoms with Crippen molar-refractivity contribution in [2.45, 2.75) is 35.9 Å². The topological polar surface area (TPSA) is 210 Å². The fourth-order valence-corrected chi connectivity index (χ4v) is 11.1. The van der Waals surface area contributed by atoms with Crippen LogP contribution in [0.4, 0.5) is 11.4 Å². The molecule has 13 nitrogen and oxygen atoms in total. The zero-order chi connectivity index (χ0) is 49.7. The molecule has 354 valence electrons. The number of carbonyl (C=O) groups is 1. The highest BCUT2D eigenvalue weighted by molar-refractivity contribution is 7.92. The smallest absolute Gasteiger partial charge is 0.339 e. The Bertz CT molecular complexity index is 3460. The molecule has 0 saturated heterocycles. The van der Waals surface area contributed by atoms with Crippen LogP contribution < -0.4 is 30.0 Å². The van der Waals surface area contributed by atoms with E-state index in [0.717, 1.165) is 45.8 Å². The molecule has 8 aromatic carbocycles. The van der Waals surface area contributed by atoms with Crippen LogP contribution in [0.2, 0.25) is 0 Å². The maximum Gasteiger partial charge on any atom is 0.339 e. The third-order valence-corrected chi connectivity index (χ3v) is 16.4. The second kappa shape index (κ2) is 23.1. The van der Waals surface area contributed by atoms with Crippen molar-refractivity contribution in [1.82, 2.24) is 0 Å². The monoisotopic (exact) mass is 1040 g/mol. The largest absolute Gasteiger partial charge is 0.399 e. The molecule has 8 rings (SSSR count). The quantitative estimate of drug-likeness (QED) is 0.0455. The number of aldehydes is 1. The fraction of sp³-hybridized carbons (Fsp3) is 0.0200. The van der Waals surface area contributed by atoms with Gasteiger partial charge in [0.1, 0.15) is 27.6 Å². The Balaban J connectivity index is 0.000000199. The molecule has 0 amide bonds. The molecule has 0 aliphatic carbocycles. The first-order valence-electron chi connectivity index (χ1n) is 20.4. The highest BCUT2D eigenvalue weighted by atomic mass is 32.2. The summed E-state index contributed by atoms with van der Waals surface area (Å²) in [6.07, 6.45) is 0.833. The van der Waals surface area contributed by atoms with Gasteiger partial charge in [0, 0.05) is 23.5 Å². The Morgan fingerprint density at radius 3 is 1.23 bits per heavy atom. The number of rotatable bonds is 14. The number of sulfone groups is 2. The van der Waals surface area contributed by atoms with Gasteiger partial charge in [0.15, 0.2) is 0 Å². The van der Waals surface area contributed by atoms with Gasteiger partial charge in [-0.1, -0.05) is 97.1 Å². The molecule has 0 bridgehead atoms. The molecule has 2 atom stereocenters. The first-order chi connectivity index (χ1) is 32.9. The summed E-state index contributed by atoms with van der Waals surface area (Å²) < 4.78 is 112. The summed E-state index contributed by atoms with van der Waals surface area (Å²) in [5, 5.41) is 4.93. The molecule has 0 aromatic heterocycles. The van der Waals surface area contributed by atoms with E-state index in [1.165, 1.54) is 97.1 Å². The summed E-state index contributed by atoms with van der Waals surface area (Å²) in [6, 6.07) is 54.0. The van der Waals surface area contributed by atoms with Gasteiger partial charge in [0.2, 0.25) is 19.7 Å². The van der Waals surface area contributed by atoms with Crippen molar-refractivity contribution in [2.24, 2.45) is 0 Å². The number of hydrogen-bond donors (Lipinski definition) is 2. The molecule has 8 aromatic rings. The molecule has 0 saturated carbocycles. The van der Waals surface area contributed by atoms with E-state index in [1.54, 1.807) is 48.5 Å². The third-order valence-electron chi connectivity index (χ3n) is 9.61. The van der Waals surface area contributed by atoms with Crippen LogP contribution in [-0.4, -0.2) is 40.0 Å². The molecule has 69 heavy (non-hydrogen) atoms. The van der Waals surface area contributed by atoms with Crippen molar-refractivity contribution in [3.05, 3.63) is 217 Å². The van der Waals surface area contributed by atoms with Gasteiger partial charge in [-0.2, -0.15) is 16.8 Å². The van der Waals surface area contributed by atoms with Gasteiger partial charge in [0.05, 0.1) is 19.6 Å². The van der Waals surface area contributed by atoms with Crippen molar-refractivity contribution < 1.29 is 46.8 Å². The minimum Gasteiger partial charge on any atom is -0.399 e. The molecule has 2 unspecified atom stereocenters. The van der Waals surface area contributed by atoms with E-state index in [9.17, 15) is 38.5 Å². The van der Waals surface area contributed by atoms with E-state index in [0.29, 0.717) is 12.2 Å². The lowest BCUT2D eigenvalue weighted by atomic mass is 10.2. The number of nitrogen functional groups attached to an aromatic ring is 1. The van der Waals surface area contributed by atoms with E-state index < -0.39 is 39.9 Å². The number of benzene rings is 8. The Labute approximate surface area is 406 Å². The second-order valence-electron chi connectivity index (χ2n) is 14.6. The van der Waals surface area contributed by atoms with E-state index in [1.807, 2.05) is 48.5 Å². The highest BCUT2D eigenvalue weighted by Gasteiger charge is 2.24. The number of carbonyl (C=O) groups excluding carboxylic acids is 1. The van der Waals surface area contributed by atoms with Crippen LogP contribution in [0.5, 0.6) is 11.5 Å². The van der Waals surface area contributed by atoms with Gasteiger partial charge in [0.25, 0.3) is 0 Å². The molecule has 0 heterocycles. The van der Waals surface area contributed by atoms with Crippen molar-refractivity contribution in [3.63, 3.8) is 0 Å². The summed E-state index contributed by atoms with van der Waals surface area (Å²) >= 11 is 0. The molecule has 0 fully saturated rings. The van der Waals surface area contributed by atoms with Crippen molar-refractivity contribution in [3.8, 4) is 11.5 Å². The molecular formula is C50H44N2O11P2S4.